The first kappa shape index (κ1) is 16.0. The summed E-state index contributed by atoms with van der Waals surface area (Å²) in [6, 6.07) is 13.5. The summed E-state index contributed by atoms with van der Waals surface area (Å²) in [5.41, 5.74) is 0.394. The Morgan fingerprint density at radius 1 is 1.09 bits per heavy atom. The van der Waals surface area contributed by atoms with Crippen molar-refractivity contribution in [2.75, 3.05) is 0 Å². The maximum atomic E-state index is 12.3. The van der Waals surface area contributed by atoms with E-state index in [9.17, 15) is 4.79 Å². The van der Waals surface area contributed by atoms with Crippen LogP contribution in [0.3, 0.4) is 0 Å². The Morgan fingerprint density at radius 2 is 1.59 bits per heavy atom. The molecule has 0 aromatic heterocycles. The van der Waals surface area contributed by atoms with Crippen molar-refractivity contribution in [2.24, 2.45) is 5.16 Å². The molecule has 0 fully saturated rings. The zero-order valence-electron chi connectivity index (χ0n) is 12.3. The van der Waals surface area contributed by atoms with Crippen molar-refractivity contribution in [3.63, 3.8) is 0 Å². The number of nitrogens with zero attached hydrogens (tertiary/aromatic N) is 1. The third-order valence-electron chi connectivity index (χ3n) is 2.97. The molecule has 0 aliphatic heterocycles. The van der Waals surface area contributed by atoms with E-state index in [2.05, 4.69) is 5.16 Å². The molecule has 2 aromatic rings. The third-order valence-corrected chi connectivity index (χ3v) is 3.22. The van der Waals surface area contributed by atoms with Gasteiger partial charge in [0.15, 0.2) is 5.78 Å². The Kier molecular flexibility index (Phi) is 4.83. The molecule has 0 saturated carbocycles. The molecule has 0 heterocycles. The summed E-state index contributed by atoms with van der Waals surface area (Å²) in [6.45, 7) is 3.53. The number of hydrogen-bond donors (Lipinski definition) is 1. The van der Waals surface area contributed by atoms with Crippen LogP contribution in [0, 0.1) is 0 Å². The van der Waals surface area contributed by atoms with Crippen molar-refractivity contribution in [3.8, 4) is 5.75 Å². The molecule has 0 saturated heterocycles. The van der Waals surface area contributed by atoms with Gasteiger partial charge < -0.3 is 9.94 Å². The minimum absolute atomic E-state index is 0.0839. The molecule has 0 spiro atoms. The van der Waals surface area contributed by atoms with Gasteiger partial charge in [0.2, 0.25) is 0 Å². The summed E-state index contributed by atoms with van der Waals surface area (Å²) >= 11 is 5.81. The normalized spacial score (nSPS) is 11.6. The lowest BCUT2D eigenvalue weighted by molar-refractivity contribution is 0.103. The smallest absolute Gasteiger partial charge is 0.193 e. The number of ether oxygens (including phenoxy) is 1. The van der Waals surface area contributed by atoms with Crippen molar-refractivity contribution in [1.29, 1.82) is 0 Å². The third kappa shape index (κ3) is 4.09. The molecule has 114 valence electrons. The Morgan fingerprint density at radius 3 is 2.09 bits per heavy atom. The lowest BCUT2D eigenvalue weighted by Crippen LogP contribution is -2.29. The summed E-state index contributed by atoms with van der Waals surface area (Å²) in [6.07, 6.45) is 1.29. The van der Waals surface area contributed by atoms with Crippen molar-refractivity contribution in [1.82, 2.24) is 0 Å². The maximum absolute atomic E-state index is 12.3. The van der Waals surface area contributed by atoms with Gasteiger partial charge in [0, 0.05) is 16.1 Å². The van der Waals surface area contributed by atoms with Crippen LogP contribution in [-0.4, -0.2) is 22.8 Å². The first-order valence-corrected chi connectivity index (χ1v) is 7.07. The second-order valence-electron chi connectivity index (χ2n) is 5.31. The van der Waals surface area contributed by atoms with Gasteiger partial charge in [-0.05, 0) is 62.4 Å². The standard InChI is InChI=1S/C17H16ClNO3/c1-17(2,11-19-21)22-15-9-5-13(6-10-15)16(20)12-3-7-14(18)8-4-12/h3-11,21H,1-2H3/b19-11+. The molecular weight excluding hydrogens is 302 g/mol. The van der Waals surface area contributed by atoms with Gasteiger partial charge in [0.25, 0.3) is 0 Å². The fourth-order valence-corrected chi connectivity index (χ4v) is 2.04. The summed E-state index contributed by atoms with van der Waals surface area (Å²) in [4.78, 5) is 12.3. The number of ketones is 1. The van der Waals surface area contributed by atoms with E-state index in [1.54, 1.807) is 62.4 Å². The molecule has 0 unspecified atom stereocenters. The van der Waals surface area contributed by atoms with E-state index in [0.717, 1.165) is 0 Å². The van der Waals surface area contributed by atoms with Crippen LogP contribution in [0.4, 0.5) is 0 Å². The van der Waals surface area contributed by atoms with Gasteiger partial charge in [0.1, 0.15) is 11.4 Å². The van der Waals surface area contributed by atoms with Gasteiger partial charge in [0.05, 0.1) is 6.21 Å². The second kappa shape index (κ2) is 6.62. The molecular formula is C17H16ClNO3. The largest absolute Gasteiger partial charge is 0.482 e. The van der Waals surface area contributed by atoms with Gasteiger partial charge in [-0.15, -0.1) is 0 Å². The lowest BCUT2D eigenvalue weighted by Gasteiger charge is -2.21. The summed E-state index contributed by atoms with van der Waals surface area (Å²) in [7, 11) is 0. The van der Waals surface area contributed by atoms with Gasteiger partial charge in [-0.2, -0.15) is 0 Å². The van der Waals surface area contributed by atoms with Crippen LogP contribution in [0.15, 0.2) is 53.7 Å². The molecule has 22 heavy (non-hydrogen) atoms. The van der Waals surface area contributed by atoms with Crippen molar-refractivity contribution in [3.05, 3.63) is 64.7 Å². The van der Waals surface area contributed by atoms with Crippen molar-refractivity contribution in [2.45, 2.75) is 19.4 Å². The number of carbonyl (C=O) groups excluding carboxylic acids is 1. The first-order valence-electron chi connectivity index (χ1n) is 6.69. The highest BCUT2D eigenvalue weighted by atomic mass is 35.5. The molecule has 0 atom stereocenters. The predicted octanol–water partition coefficient (Wildman–Crippen LogP) is 4.19. The van der Waals surface area contributed by atoms with Crippen LogP contribution in [-0.2, 0) is 0 Å². The van der Waals surface area contributed by atoms with E-state index in [1.807, 2.05) is 0 Å². The highest BCUT2D eigenvalue weighted by Crippen LogP contribution is 2.20. The van der Waals surface area contributed by atoms with Crippen LogP contribution in [0.5, 0.6) is 5.75 Å². The molecule has 0 amide bonds. The molecule has 2 rings (SSSR count). The Balaban J connectivity index is 2.15. The van der Waals surface area contributed by atoms with E-state index < -0.39 is 5.60 Å². The molecule has 5 heteroatoms. The SMILES string of the molecule is CC(C)(/C=N/O)Oc1ccc(C(=O)c2ccc(Cl)cc2)cc1. The Labute approximate surface area is 134 Å². The average Bonchev–Trinajstić information content (AvgIpc) is 2.47. The van der Waals surface area contributed by atoms with Crippen molar-refractivity contribution >= 4 is 23.6 Å². The summed E-state index contributed by atoms with van der Waals surface area (Å²) < 4.78 is 5.66. The van der Waals surface area contributed by atoms with Crippen LogP contribution in [0.2, 0.25) is 5.02 Å². The number of benzene rings is 2. The van der Waals surface area contributed by atoms with Crippen LogP contribution >= 0.6 is 11.6 Å². The minimum atomic E-state index is -0.740. The zero-order valence-corrected chi connectivity index (χ0v) is 13.0. The summed E-state index contributed by atoms with van der Waals surface area (Å²) in [5.74, 6) is 0.497. The highest BCUT2D eigenvalue weighted by molar-refractivity contribution is 6.30. The van der Waals surface area contributed by atoms with E-state index in [-0.39, 0.29) is 5.78 Å². The van der Waals surface area contributed by atoms with Crippen LogP contribution < -0.4 is 4.74 Å². The number of oxime groups is 1. The number of hydrogen-bond acceptors (Lipinski definition) is 4. The van der Waals surface area contributed by atoms with Gasteiger partial charge in [-0.3, -0.25) is 4.79 Å². The summed E-state index contributed by atoms with van der Waals surface area (Å²) in [5, 5.41) is 12.1. The van der Waals surface area contributed by atoms with E-state index in [4.69, 9.17) is 21.5 Å². The van der Waals surface area contributed by atoms with Gasteiger partial charge >= 0.3 is 0 Å². The molecule has 1 N–H and O–H groups in total. The molecule has 0 aliphatic rings. The predicted molar refractivity (Wildman–Crippen MR) is 86.3 cm³/mol. The molecule has 2 aromatic carbocycles. The van der Waals surface area contributed by atoms with E-state index in [1.165, 1.54) is 6.21 Å². The molecule has 4 nitrogen and oxygen atoms in total. The van der Waals surface area contributed by atoms with Gasteiger partial charge in [-0.1, -0.05) is 16.8 Å². The average molecular weight is 318 g/mol. The molecule has 0 bridgehead atoms. The monoisotopic (exact) mass is 317 g/mol. The van der Waals surface area contributed by atoms with Crippen LogP contribution in [0.25, 0.3) is 0 Å². The maximum Gasteiger partial charge on any atom is 0.193 e. The first-order chi connectivity index (χ1) is 10.4. The Hall–Kier alpha value is -2.33. The quantitative estimate of drug-likeness (QED) is 0.389. The number of rotatable bonds is 5. The highest BCUT2D eigenvalue weighted by Gasteiger charge is 2.17. The lowest BCUT2D eigenvalue weighted by atomic mass is 10.0. The van der Waals surface area contributed by atoms with E-state index in [0.29, 0.717) is 21.9 Å². The number of halogens is 1. The molecule has 0 radical (unpaired) electrons. The fraction of sp³-hybridized carbons (Fsp3) is 0.176. The Bertz CT molecular complexity index is 676. The topological polar surface area (TPSA) is 58.9 Å². The number of carbonyl (C=O) groups is 1. The molecule has 0 aliphatic carbocycles. The van der Waals surface area contributed by atoms with E-state index >= 15 is 0 Å². The van der Waals surface area contributed by atoms with Crippen LogP contribution in [0.1, 0.15) is 29.8 Å². The zero-order chi connectivity index (χ0) is 16.2. The minimum Gasteiger partial charge on any atom is -0.482 e. The fourth-order valence-electron chi connectivity index (χ4n) is 1.91. The second-order valence-corrected chi connectivity index (χ2v) is 5.75. The van der Waals surface area contributed by atoms with Crippen molar-refractivity contribution < 1.29 is 14.7 Å². The van der Waals surface area contributed by atoms with Gasteiger partial charge in [-0.25, -0.2) is 0 Å².